The van der Waals surface area contributed by atoms with E-state index in [0.717, 1.165) is 6.42 Å². The fourth-order valence-corrected chi connectivity index (χ4v) is 4.22. The van der Waals surface area contributed by atoms with Crippen molar-refractivity contribution in [2.24, 2.45) is 7.05 Å². The first-order valence-corrected chi connectivity index (χ1v) is 11.5. The van der Waals surface area contributed by atoms with Gasteiger partial charge in [-0.2, -0.15) is 10.1 Å². The van der Waals surface area contributed by atoms with Crippen molar-refractivity contribution in [1.82, 2.24) is 29.3 Å². The lowest BCUT2D eigenvalue weighted by Crippen LogP contribution is -2.23. The number of anilines is 3. The van der Waals surface area contributed by atoms with Crippen LogP contribution in [0.25, 0.3) is 11.2 Å². The van der Waals surface area contributed by atoms with Crippen molar-refractivity contribution in [2.75, 3.05) is 23.8 Å². The number of aryl methyl sites for hydroxylation is 1. The van der Waals surface area contributed by atoms with Gasteiger partial charge in [-0.1, -0.05) is 20.8 Å². The number of carbonyl (C=O) groups excluding carboxylic acids is 1. The summed E-state index contributed by atoms with van der Waals surface area (Å²) in [7, 11) is 1.80. The minimum atomic E-state index is -0.451. The third kappa shape index (κ3) is 4.47. The molecule has 1 aliphatic rings. The fourth-order valence-electron chi connectivity index (χ4n) is 4.22. The molecule has 0 spiro atoms. The number of amides is 1. The van der Waals surface area contributed by atoms with Crippen LogP contribution >= 0.6 is 0 Å². The lowest BCUT2D eigenvalue weighted by atomic mass is 9.91. The number of nitrogens with one attached hydrogen (secondary N) is 2. The topological polar surface area (TPSA) is 121 Å². The molecule has 0 saturated carbocycles. The molecular formula is C24H27FN8O3. The number of ether oxygens (including phenoxy) is 2. The fraction of sp³-hybridized carbons (Fsp3) is 0.375. The van der Waals surface area contributed by atoms with Crippen LogP contribution in [0.4, 0.5) is 22.0 Å². The Morgan fingerprint density at radius 3 is 2.81 bits per heavy atom. The Morgan fingerprint density at radius 2 is 2.08 bits per heavy atom. The van der Waals surface area contributed by atoms with Crippen LogP contribution in [0, 0.1) is 5.82 Å². The monoisotopic (exact) mass is 494 g/mol. The maximum absolute atomic E-state index is 15.6. The van der Waals surface area contributed by atoms with Crippen LogP contribution < -0.4 is 15.4 Å². The van der Waals surface area contributed by atoms with Crippen LogP contribution in [0.15, 0.2) is 30.6 Å². The zero-order valence-corrected chi connectivity index (χ0v) is 20.4. The molecule has 4 aromatic rings. The highest BCUT2D eigenvalue weighted by Crippen LogP contribution is 2.35. The van der Waals surface area contributed by atoms with Crippen LogP contribution in [0.2, 0.25) is 0 Å². The maximum Gasteiger partial charge on any atom is 0.212 e. The first-order valence-electron chi connectivity index (χ1n) is 11.5. The van der Waals surface area contributed by atoms with Gasteiger partial charge in [0.2, 0.25) is 12.4 Å². The van der Waals surface area contributed by atoms with Crippen molar-refractivity contribution < 1.29 is 18.7 Å². The van der Waals surface area contributed by atoms with Gasteiger partial charge in [-0.25, -0.2) is 14.4 Å². The van der Waals surface area contributed by atoms with Crippen molar-refractivity contribution >= 4 is 35.2 Å². The smallest absolute Gasteiger partial charge is 0.212 e. The van der Waals surface area contributed by atoms with E-state index < -0.39 is 11.2 Å². The molecule has 12 heteroatoms. The lowest BCUT2D eigenvalue weighted by molar-refractivity contribution is -0.105. The highest BCUT2D eigenvalue weighted by Gasteiger charge is 2.33. The zero-order chi connectivity index (χ0) is 25.4. The van der Waals surface area contributed by atoms with Crippen molar-refractivity contribution in [3.63, 3.8) is 0 Å². The molecule has 188 valence electrons. The molecule has 2 N–H and O–H groups in total. The number of hydrogen-bond donors (Lipinski definition) is 2. The average Bonchev–Trinajstić information content (AvgIpc) is 3.54. The van der Waals surface area contributed by atoms with Gasteiger partial charge in [-0.15, -0.1) is 0 Å². The van der Waals surface area contributed by atoms with Crippen molar-refractivity contribution in [2.45, 2.75) is 38.6 Å². The predicted molar refractivity (Wildman–Crippen MR) is 131 cm³/mol. The van der Waals surface area contributed by atoms with E-state index in [0.29, 0.717) is 59.7 Å². The second kappa shape index (κ2) is 9.19. The molecule has 11 nitrogen and oxygen atoms in total. The Hall–Kier alpha value is -4.06. The molecule has 4 aromatic heterocycles. The summed E-state index contributed by atoms with van der Waals surface area (Å²) in [5, 5.41) is 10.1. The standard InChI is InChI=1S/C24H27FN8O3/c1-24(2,3)20-19(25)22(31-33(20)14-6-8-35-12-14)30-23-29-21-17(32(23)4)9-16(11-27-21)36-15-5-7-26-18(10-15)28-13-34/h5,7,9-11,13-14H,6,8,12H2,1-4H3,(H,26,28,34)(H,27,29,30,31). The van der Waals surface area contributed by atoms with Crippen molar-refractivity contribution in [1.29, 1.82) is 0 Å². The maximum atomic E-state index is 15.6. The molecule has 1 amide bonds. The van der Waals surface area contributed by atoms with E-state index in [2.05, 4.69) is 30.7 Å². The number of rotatable bonds is 7. The molecule has 1 saturated heterocycles. The summed E-state index contributed by atoms with van der Waals surface area (Å²) in [4.78, 5) is 23.6. The summed E-state index contributed by atoms with van der Waals surface area (Å²) in [6, 6.07) is 5.02. The Balaban J connectivity index is 1.45. The summed E-state index contributed by atoms with van der Waals surface area (Å²) in [5.74, 6) is 1.40. The van der Waals surface area contributed by atoms with Gasteiger partial charge in [-0.05, 0) is 12.5 Å². The summed E-state index contributed by atoms with van der Waals surface area (Å²) < 4.78 is 30.5. The van der Waals surface area contributed by atoms with Crippen LogP contribution in [-0.4, -0.2) is 48.9 Å². The summed E-state index contributed by atoms with van der Waals surface area (Å²) in [6.45, 7) is 7.03. The first kappa shape index (κ1) is 23.7. The number of nitrogens with zero attached hydrogens (tertiary/aromatic N) is 6. The molecule has 0 aromatic carbocycles. The van der Waals surface area contributed by atoms with Gasteiger partial charge >= 0.3 is 0 Å². The normalized spacial score (nSPS) is 15.9. The lowest BCUT2D eigenvalue weighted by Gasteiger charge is -2.22. The Morgan fingerprint density at radius 1 is 1.25 bits per heavy atom. The molecule has 1 aliphatic heterocycles. The molecule has 1 atom stereocenters. The summed E-state index contributed by atoms with van der Waals surface area (Å²) in [6.07, 6.45) is 4.39. The molecule has 0 bridgehead atoms. The van der Waals surface area contributed by atoms with Crippen molar-refractivity contribution in [3.8, 4) is 11.5 Å². The van der Waals surface area contributed by atoms with Crippen LogP contribution in [0.5, 0.6) is 11.5 Å². The van der Waals surface area contributed by atoms with Crippen LogP contribution in [-0.2, 0) is 22.0 Å². The van der Waals surface area contributed by atoms with Gasteiger partial charge in [0, 0.05) is 37.4 Å². The third-order valence-corrected chi connectivity index (χ3v) is 5.93. The molecule has 1 unspecified atom stereocenters. The van der Waals surface area contributed by atoms with E-state index in [4.69, 9.17) is 9.47 Å². The average molecular weight is 495 g/mol. The SMILES string of the molecule is Cn1c(Nc2nn(C3CCOC3)c(C(C)(C)C)c2F)nc2ncc(Oc3ccnc(NC=O)c3)cc21. The van der Waals surface area contributed by atoms with Gasteiger partial charge in [0.25, 0.3) is 0 Å². The Kier molecular flexibility index (Phi) is 6.04. The van der Waals surface area contributed by atoms with Crippen LogP contribution in [0.1, 0.15) is 38.9 Å². The van der Waals surface area contributed by atoms with Gasteiger partial charge in [-0.3, -0.25) is 9.48 Å². The molecular weight excluding hydrogens is 467 g/mol. The highest BCUT2D eigenvalue weighted by atomic mass is 19.1. The minimum Gasteiger partial charge on any atom is -0.455 e. The van der Waals surface area contributed by atoms with Gasteiger partial charge in [0.1, 0.15) is 17.3 Å². The molecule has 1 fully saturated rings. The number of pyridine rings is 2. The summed E-state index contributed by atoms with van der Waals surface area (Å²) >= 11 is 0. The number of halogens is 1. The van der Waals surface area contributed by atoms with E-state index >= 15 is 4.39 Å². The van der Waals surface area contributed by atoms with E-state index in [9.17, 15) is 4.79 Å². The molecule has 0 aliphatic carbocycles. The predicted octanol–water partition coefficient (Wildman–Crippen LogP) is 4.06. The van der Waals surface area contributed by atoms with Gasteiger partial charge in [0.15, 0.2) is 17.3 Å². The first-order chi connectivity index (χ1) is 17.2. The van der Waals surface area contributed by atoms with Crippen LogP contribution in [0.3, 0.4) is 0 Å². The number of carbonyl (C=O) groups is 1. The Bertz CT molecular complexity index is 1420. The van der Waals surface area contributed by atoms with E-state index in [-0.39, 0.29) is 11.9 Å². The van der Waals surface area contributed by atoms with E-state index in [1.54, 1.807) is 40.7 Å². The zero-order valence-electron chi connectivity index (χ0n) is 20.4. The molecule has 5 heterocycles. The number of fused-ring (bicyclic) bond motifs is 1. The van der Waals surface area contributed by atoms with Gasteiger partial charge in [0.05, 0.1) is 30.1 Å². The van der Waals surface area contributed by atoms with Gasteiger partial charge < -0.3 is 24.7 Å². The number of imidazole rings is 1. The van der Waals surface area contributed by atoms with E-state index in [1.165, 1.54) is 6.20 Å². The third-order valence-electron chi connectivity index (χ3n) is 5.93. The molecule has 36 heavy (non-hydrogen) atoms. The highest BCUT2D eigenvalue weighted by molar-refractivity contribution is 5.77. The van der Waals surface area contributed by atoms with E-state index in [1.807, 2.05) is 20.8 Å². The van der Waals surface area contributed by atoms with Crippen molar-refractivity contribution in [3.05, 3.63) is 42.1 Å². The molecule has 5 rings (SSSR count). The second-order valence-electron chi connectivity index (χ2n) is 9.60. The molecule has 0 radical (unpaired) electrons. The Labute approximate surface area is 206 Å². The second-order valence-corrected chi connectivity index (χ2v) is 9.60. The minimum absolute atomic E-state index is 0.0125. The quantitative estimate of drug-likeness (QED) is 0.369. The number of aromatic nitrogens is 6. The number of hydrogen-bond acceptors (Lipinski definition) is 8. The largest absolute Gasteiger partial charge is 0.455 e. The summed E-state index contributed by atoms with van der Waals surface area (Å²) in [5.41, 5.74) is 1.21.